The Hall–Kier alpha value is -2.64. The molecule has 27 heavy (non-hydrogen) atoms. The Morgan fingerprint density at radius 2 is 1.52 bits per heavy atom. The molecule has 1 aliphatic rings. The Morgan fingerprint density at radius 1 is 0.889 bits per heavy atom. The fourth-order valence-corrected chi connectivity index (χ4v) is 4.80. The zero-order valence-corrected chi connectivity index (χ0v) is 15.9. The Morgan fingerprint density at radius 3 is 2.22 bits per heavy atom. The molecule has 3 aromatic rings. The minimum Gasteiger partial charge on any atom is -0.336 e. The summed E-state index contributed by atoms with van der Waals surface area (Å²) in [6.07, 6.45) is 1.47. The normalized spacial score (nSPS) is 16.0. The number of carbonyl (C=O) groups excluding carboxylic acids is 1. The number of likely N-dealkylation sites (N-methyl/N-ethyl adjacent to an activating group) is 1. The lowest BCUT2D eigenvalue weighted by atomic mass is 10.1. The van der Waals surface area contributed by atoms with Crippen molar-refractivity contribution in [3.63, 3.8) is 0 Å². The number of amides is 1. The van der Waals surface area contributed by atoms with Crippen LogP contribution in [0.25, 0.3) is 10.9 Å². The summed E-state index contributed by atoms with van der Waals surface area (Å²) in [4.78, 5) is 17.3. The average Bonchev–Trinajstić information content (AvgIpc) is 3.09. The molecule has 1 fully saturated rings. The van der Waals surface area contributed by atoms with Crippen molar-refractivity contribution in [3.8, 4) is 0 Å². The van der Waals surface area contributed by atoms with Gasteiger partial charge in [0.2, 0.25) is 0 Å². The molecule has 4 rings (SSSR count). The van der Waals surface area contributed by atoms with Gasteiger partial charge in [0.1, 0.15) is 0 Å². The molecular formula is C20H21N3O3S. The molecule has 0 spiro atoms. The van der Waals surface area contributed by atoms with Gasteiger partial charge >= 0.3 is 0 Å². The quantitative estimate of drug-likeness (QED) is 0.696. The van der Waals surface area contributed by atoms with Crippen LogP contribution in [0.4, 0.5) is 0 Å². The van der Waals surface area contributed by atoms with Crippen LogP contribution in [0.1, 0.15) is 10.4 Å². The Labute approximate surface area is 158 Å². The van der Waals surface area contributed by atoms with E-state index in [1.807, 2.05) is 13.1 Å². The number of hydrogen-bond donors (Lipinski definition) is 0. The summed E-state index contributed by atoms with van der Waals surface area (Å²) in [5, 5.41) is 0.654. The van der Waals surface area contributed by atoms with Gasteiger partial charge in [0.05, 0.1) is 16.0 Å². The van der Waals surface area contributed by atoms with E-state index in [4.69, 9.17) is 0 Å². The third-order valence-corrected chi connectivity index (χ3v) is 6.69. The van der Waals surface area contributed by atoms with Crippen molar-refractivity contribution in [3.05, 3.63) is 66.4 Å². The minimum atomic E-state index is -3.78. The maximum atomic E-state index is 13.1. The predicted molar refractivity (Wildman–Crippen MR) is 104 cm³/mol. The molecule has 0 N–H and O–H groups in total. The third-order valence-electron chi connectivity index (χ3n) is 5.00. The molecule has 0 bridgehead atoms. The summed E-state index contributed by atoms with van der Waals surface area (Å²) in [5.41, 5.74) is 0.938. The van der Waals surface area contributed by atoms with E-state index < -0.39 is 10.0 Å². The van der Waals surface area contributed by atoms with Crippen LogP contribution in [-0.2, 0) is 10.0 Å². The van der Waals surface area contributed by atoms with E-state index in [1.54, 1.807) is 53.4 Å². The molecule has 0 radical (unpaired) electrons. The van der Waals surface area contributed by atoms with Crippen molar-refractivity contribution in [2.24, 2.45) is 0 Å². The second-order valence-corrected chi connectivity index (χ2v) is 8.58. The number of nitrogens with zero attached hydrogens (tertiary/aromatic N) is 3. The number of aromatic nitrogens is 1. The van der Waals surface area contributed by atoms with E-state index in [2.05, 4.69) is 4.90 Å². The van der Waals surface area contributed by atoms with Crippen LogP contribution in [0, 0.1) is 0 Å². The number of para-hydroxylation sites is 1. The van der Waals surface area contributed by atoms with Crippen molar-refractivity contribution < 1.29 is 13.2 Å². The van der Waals surface area contributed by atoms with Crippen LogP contribution in [0.15, 0.2) is 65.7 Å². The number of fused-ring (bicyclic) bond motifs is 1. The molecular weight excluding hydrogens is 362 g/mol. The lowest BCUT2D eigenvalue weighted by Crippen LogP contribution is -2.47. The number of piperazine rings is 1. The van der Waals surface area contributed by atoms with E-state index in [0.717, 1.165) is 13.1 Å². The fourth-order valence-electron chi connectivity index (χ4n) is 3.41. The molecule has 2 heterocycles. The Bertz CT molecular complexity index is 1080. The smallest absolute Gasteiger partial charge is 0.268 e. The van der Waals surface area contributed by atoms with E-state index >= 15 is 0 Å². The highest BCUT2D eigenvalue weighted by atomic mass is 32.2. The highest BCUT2D eigenvalue weighted by molar-refractivity contribution is 7.90. The molecule has 0 saturated carbocycles. The predicted octanol–water partition coefficient (Wildman–Crippen LogP) is 2.27. The van der Waals surface area contributed by atoms with Gasteiger partial charge in [-0.15, -0.1) is 0 Å². The van der Waals surface area contributed by atoms with Gasteiger partial charge in [-0.1, -0.05) is 36.4 Å². The number of hydrogen-bond acceptors (Lipinski definition) is 4. The molecule has 0 aliphatic carbocycles. The lowest BCUT2D eigenvalue weighted by molar-refractivity contribution is 0.0666. The van der Waals surface area contributed by atoms with E-state index in [0.29, 0.717) is 29.6 Å². The molecule has 1 saturated heterocycles. The van der Waals surface area contributed by atoms with Crippen molar-refractivity contribution in [1.29, 1.82) is 0 Å². The molecule has 1 aliphatic heterocycles. The SMILES string of the molecule is CN1CCN(C(=O)c2cn(S(=O)(=O)c3ccccc3)c3ccccc23)CC1. The summed E-state index contributed by atoms with van der Waals surface area (Å²) >= 11 is 0. The average molecular weight is 383 g/mol. The molecule has 6 nitrogen and oxygen atoms in total. The van der Waals surface area contributed by atoms with Crippen LogP contribution >= 0.6 is 0 Å². The van der Waals surface area contributed by atoms with E-state index in [1.165, 1.54) is 10.2 Å². The zero-order valence-electron chi connectivity index (χ0n) is 15.1. The summed E-state index contributed by atoms with van der Waals surface area (Å²) in [6.45, 7) is 2.90. The van der Waals surface area contributed by atoms with Gasteiger partial charge in [0.25, 0.3) is 15.9 Å². The highest BCUT2D eigenvalue weighted by Crippen LogP contribution is 2.27. The van der Waals surface area contributed by atoms with Gasteiger partial charge in [-0.2, -0.15) is 0 Å². The van der Waals surface area contributed by atoms with Crippen molar-refractivity contribution in [2.75, 3.05) is 33.2 Å². The van der Waals surface area contributed by atoms with Crippen LogP contribution in [0.5, 0.6) is 0 Å². The highest BCUT2D eigenvalue weighted by Gasteiger charge is 2.27. The van der Waals surface area contributed by atoms with Gasteiger partial charge < -0.3 is 9.80 Å². The van der Waals surface area contributed by atoms with Gasteiger partial charge in [0, 0.05) is 37.8 Å². The van der Waals surface area contributed by atoms with E-state index in [9.17, 15) is 13.2 Å². The topological polar surface area (TPSA) is 62.6 Å². The first-order valence-corrected chi connectivity index (χ1v) is 10.3. The fraction of sp³-hybridized carbons (Fsp3) is 0.250. The van der Waals surface area contributed by atoms with Crippen LogP contribution in [0.3, 0.4) is 0 Å². The number of carbonyl (C=O) groups is 1. The standard InChI is InChI=1S/C20H21N3O3S/c1-21-11-13-22(14-12-21)20(24)18-15-23(19-10-6-5-9-17(18)19)27(25,26)16-7-3-2-4-8-16/h2-10,15H,11-14H2,1H3. The maximum Gasteiger partial charge on any atom is 0.268 e. The lowest BCUT2D eigenvalue weighted by Gasteiger charge is -2.32. The first-order valence-electron chi connectivity index (χ1n) is 8.87. The van der Waals surface area contributed by atoms with Crippen LogP contribution in [-0.4, -0.2) is 61.3 Å². The molecule has 140 valence electrons. The van der Waals surface area contributed by atoms with Crippen molar-refractivity contribution in [1.82, 2.24) is 13.8 Å². The largest absolute Gasteiger partial charge is 0.336 e. The van der Waals surface area contributed by atoms with Crippen molar-refractivity contribution >= 4 is 26.8 Å². The van der Waals surface area contributed by atoms with E-state index in [-0.39, 0.29) is 10.8 Å². The van der Waals surface area contributed by atoms with Crippen molar-refractivity contribution in [2.45, 2.75) is 4.90 Å². The zero-order chi connectivity index (χ0) is 19.0. The minimum absolute atomic E-state index is 0.124. The molecule has 7 heteroatoms. The molecule has 1 aromatic heterocycles. The van der Waals surface area contributed by atoms with Crippen LogP contribution < -0.4 is 0 Å². The Balaban J connectivity index is 1.82. The monoisotopic (exact) mass is 383 g/mol. The van der Waals surface area contributed by atoms with Gasteiger partial charge in [-0.3, -0.25) is 4.79 Å². The van der Waals surface area contributed by atoms with Gasteiger partial charge in [0.15, 0.2) is 0 Å². The second kappa shape index (κ2) is 6.83. The Kier molecular flexibility index (Phi) is 4.49. The molecule has 0 unspecified atom stereocenters. The first kappa shape index (κ1) is 17.8. The number of rotatable bonds is 3. The summed E-state index contributed by atoms with van der Waals surface area (Å²) < 4.78 is 27.5. The summed E-state index contributed by atoms with van der Waals surface area (Å²) in [7, 11) is -1.75. The van der Waals surface area contributed by atoms with Crippen LogP contribution in [0.2, 0.25) is 0 Å². The molecule has 2 aromatic carbocycles. The third kappa shape index (κ3) is 3.13. The maximum absolute atomic E-state index is 13.1. The van der Waals surface area contributed by atoms with Gasteiger partial charge in [-0.25, -0.2) is 12.4 Å². The summed E-state index contributed by atoms with van der Waals surface area (Å²) in [6, 6.07) is 15.4. The first-order chi connectivity index (χ1) is 13.0. The summed E-state index contributed by atoms with van der Waals surface area (Å²) in [5.74, 6) is -0.124. The molecule has 0 atom stereocenters. The number of benzene rings is 2. The molecule has 1 amide bonds. The van der Waals surface area contributed by atoms with Gasteiger partial charge in [-0.05, 0) is 25.2 Å². The second-order valence-electron chi connectivity index (χ2n) is 6.77.